The average Bonchev–Trinajstić information content (AvgIpc) is 2.95. The Kier molecular flexibility index (Phi) is 5.14. The Morgan fingerprint density at radius 2 is 1.90 bits per heavy atom. The second kappa shape index (κ2) is 6.87. The first-order chi connectivity index (χ1) is 9.97. The van der Waals surface area contributed by atoms with E-state index in [1.165, 1.54) is 11.6 Å². The maximum absolute atomic E-state index is 11.9. The van der Waals surface area contributed by atoms with Crippen molar-refractivity contribution < 1.29 is 13.2 Å². The van der Waals surface area contributed by atoms with E-state index >= 15 is 0 Å². The van der Waals surface area contributed by atoms with Gasteiger partial charge in [-0.05, 0) is 36.8 Å². The Morgan fingerprint density at radius 1 is 1.19 bits per heavy atom. The third-order valence-electron chi connectivity index (χ3n) is 3.00. The number of amides is 1. The van der Waals surface area contributed by atoms with Crippen molar-refractivity contribution in [1.82, 2.24) is 4.72 Å². The molecule has 0 fully saturated rings. The minimum atomic E-state index is -3.70. The Labute approximate surface area is 128 Å². The van der Waals surface area contributed by atoms with Crippen molar-refractivity contribution in [2.75, 3.05) is 0 Å². The highest BCUT2D eigenvalue weighted by atomic mass is 32.2. The lowest BCUT2D eigenvalue weighted by Gasteiger charge is -2.05. The van der Waals surface area contributed by atoms with Gasteiger partial charge in [-0.3, -0.25) is 4.79 Å². The Hall–Kier alpha value is -1.66. The van der Waals surface area contributed by atoms with E-state index in [0.717, 1.165) is 23.3 Å². The van der Waals surface area contributed by atoms with Crippen LogP contribution in [0.3, 0.4) is 0 Å². The van der Waals surface area contributed by atoms with Crippen LogP contribution in [0.5, 0.6) is 0 Å². The van der Waals surface area contributed by atoms with Gasteiger partial charge in [0, 0.05) is 6.42 Å². The summed E-state index contributed by atoms with van der Waals surface area (Å²) in [7, 11) is -3.70. The highest BCUT2D eigenvalue weighted by molar-refractivity contribution is 7.92. The normalized spacial score (nSPS) is 11.3. The van der Waals surface area contributed by atoms with Gasteiger partial charge in [-0.2, -0.15) is 0 Å². The van der Waals surface area contributed by atoms with Gasteiger partial charge in [-0.1, -0.05) is 35.9 Å². The molecular formula is C15H17NO3S2. The molecule has 112 valence electrons. The topological polar surface area (TPSA) is 63.2 Å². The summed E-state index contributed by atoms with van der Waals surface area (Å²) in [6.07, 6.45) is 1.57. The van der Waals surface area contributed by atoms with Gasteiger partial charge in [0.05, 0.1) is 0 Å². The molecule has 1 heterocycles. The predicted octanol–water partition coefficient (Wildman–Crippen LogP) is 2.88. The number of nitrogens with one attached hydrogen (secondary N) is 1. The second-order valence-electron chi connectivity index (χ2n) is 4.80. The zero-order chi connectivity index (χ0) is 15.3. The van der Waals surface area contributed by atoms with Gasteiger partial charge in [0.2, 0.25) is 5.91 Å². The predicted molar refractivity (Wildman–Crippen MR) is 83.8 cm³/mol. The van der Waals surface area contributed by atoms with E-state index in [4.69, 9.17) is 0 Å². The van der Waals surface area contributed by atoms with Crippen molar-refractivity contribution in [3.8, 4) is 0 Å². The molecule has 1 aromatic carbocycles. The zero-order valence-electron chi connectivity index (χ0n) is 11.7. The molecule has 2 aromatic rings. The fourth-order valence-electron chi connectivity index (χ4n) is 1.88. The summed E-state index contributed by atoms with van der Waals surface area (Å²) < 4.78 is 26.0. The molecule has 1 amide bonds. The first-order valence-electron chi connectivity index (χ1n) is 6.62. The van der Waals surface area contributed by atoms with Crippen LogP contribution in [0, 0.1) is 6.92 Å². The van der Waals surface area contributed by atoms with Gasteiger partial charge in [-0.15, -0.1) is 11.3 Å². The Balaban J connectivity index is 1.81. The van der Waals surface area contributed by atoms with Crippen LogP contribution in [0.15, 0.2) is 46.0 Å². The second-order valence-corrected chi connectivity index (χ2v) is 7.66. The van der Waals surface area contributed by atoms with E-state index in [-0.39, 0.29) is 10.6 Å². The maximum atomic E-state index is 11.9. The van der Waals surface area contributed by atoms with Crippen LogP contribution >= 0.6 is 11.3 Å². The molecule has 4 nitrogen and oxygen atoms in total. The molecule has 0 radical (unpaired) electrons. The van der Waals surface area contributed by atoms with Crippen molar-refractivity contribution in [3.63, 3.8) is 0 Å². The molecule has 0 aliphatic heterocycles. The van der Waals surface area contributed by atoms with E-state index in [1.54, 1.807) is 11.4 Å². The number of benzene rings is 1. The van der Waals surface area contributed by atoms with E-state index < -0.39 is 15.9 Å². The van der Waals surface area contributed by atoms with Crippen molar-refractivity contribution in [1.29, 1.82) is 0 Å². The number of carbonyl (C=O) groups excluding carboxylic acids is 1. The van der Waals surface area contributed by atoms with Crippen LogP contribution in [-0.4, -0.2) is 14.3 Å². The smallest absolute Gasteiger partial charge is 0.273 e. The molecule has 6 heteroatoms. The van der Waals surface area contributed by atoms with Gasteiger partial charge in [0.15, 0.2) is 0 Å². The van der Waals surface area contributed by atoms with Crippen LogP contribution in [0.1, 0.15) is 24.0 Å². The molecule has 1 aromatic heterocycles. The first kappa shape index (κ1) is 15.7. The molecule has 0 saturated carbocycles. The molecule has 0 bridgehead atoms. The molecule has 1 N–H and O–H groups in total. The highest BCUT2D eigenvalue weighted by Gasteiger charge is 2.17. The fourth-order valence-corrected chi connectivity index (χ4v) is 3.88. The lowest BCUT2D eigenvalue weighted by Crippen LogP contribution is -2.29. The highest BCUT2D eigenvalue weighted by Crippen LogP contribution is 2.15. The lowest BCUT2D eigenvalue weighted by atomic mass is 10.1. The molecule has 2 rings (SSSR count). The number of thiophene rings is 1. The van der Waals surface area contributed by atoms with E-state index in [9.17, 15) is 13.2 Å². The molecule has 0 aliphatic rings. The summed E-state index contributed by atoms with van der Waals surface area (Å²) in [4.78, 5) is 11.7. The van der Waals surface area contributed by atoms with Gasteiger partial charge in [-0.25, -0.2) is 13.1 Å². The summed E-state index contributed by atoms with van der Waals surface area (Å²) in [5.74, 6) is -0.462. The van der Waals surface area contributed by atoms with E-state index in [2.05, 4.69) is 4.72 Å². The monoisotopic (exact) mass is 323 g/mol. The van der Waals surface area contributed by atoms with Crippen molar-refractivity contribution >= 4 is 27.3 Å². The van der Waals surface area contributed by atoms with Crippen LogP contribution in [0.25, 0.3) is 0 Å². The van der Waals surface area contributed by atoms with Crippen LogP contribution < -0.4 is 4.72 Å². The third-order valence-corrected chi connectivity index (χ3v) is 5.77. The molecule has 0 unspecified atom stereocenters. The van der Waals surface area contributed by atoms with Gasteiger partial charge >= 0.3 is 0 Å². The quantitative estimate of drug-likeness (QED) is 0.889. The molecule has 21 heavy (non-hydrogen) atoms. The molecule has 0 saturated heterocycles. The lowest BCUT2D eigenvalue weighted by molar-refractivity contribution is -0.119. The molecule has 0 spiro atoms. The Morgan fingerprint density at radius 3 is 2.52 bits per heavy atom. The van der Waals surface area contributed by atoms with Crippen LogP contribution in [0.2, 0.25) is 0 Å². The van der Waals surface area contributed by atoms with Crippen molar-refractivity contribution in [2.45, 2.75) is 30.4 Å². The van der Waals surface area contributed by atoms with E-state index in [0.29, 0.717) is 6.42 Å². The average molecular weight is 323 g/mol. The van der Waals surface area contributed by atoms with Gasteiger partial charge in [0.25, 0.3) is 10.0 Å². The summed E-state index contributed by atoms with van der Waals surface area (Å²) in [6.45, 7) is 2.02. The standard InChI is InChI=1S/C15H17NO3S2/c1-12-7-9-13(10-8-12)4-2-5-14(17)16-21(18,19)15-6-3-11-20-15/h3,6-11H,2,4-5H2,1H3,(H,16,17). The van der Waals surface area contributed by atoms with Gasteiger partial charge in [0.1, 0.15) is 4.21 Å². The maximum Gasteiger partial charge on any atom is 0.273 e. The molecule has 0 atom stereocenters. The largest absolute Gasteiger partial charge is 0.274 e. The van der Waals surface area contributed by atoms with Crippen LogP contribution in [0.4, 0.5) is 0 Å². The number of hydrogen-bond donors (Lipinski definition) is 1. The number of rotatable bonds is 6. The number of carbonyl (C=O) groups is 1. The fraction of sp³-hybridized carbons (Fsp3) is 0.267. The van der Waals surface area contributed by atoms with Crippen molar-refractivity contribution in [3.05, 3.63) is 52.9 Å². The van der Waals surface area contributed by atoms with Crippen LogP contribution in [-0.2, 0) is 21.2 Å². The summed E-state index contributed by atoms with van der Waals surface area (Å²) in [5.41, 5.74) is 2.34. The number of aryl methyl sites for hydroxylation is 2. The number of sulfonamides is 1. The third kappa shape index (κ3) is 4.68. The minimum Gasteiger partial charge on any atom is -0.274 e. The van der Waals surface area contributed by atoms with E-state index in [1.807, 2.05) is 31.2 Å². The summed E-state index contributed by atoms with van der Waals surface area (Å²) >= 11 is 1.09. The summed E-state index contributed by atoms with van der Waals surface area (Å²) in [5, 5.41) is 1.66. The van der Waals surface area contributed by atoms with Crippen molar-refractivity contribution in [2.24, 2.45) is 0 Å². The number of hydrogen-bond acceptors (Lipinski definition) is 4. The SMILES string of the molecule is Cc1ccc(CCCC(=O)NS(=O)(=O)c2cccs2)cc1. The summed E-state index contributed by atoms with van der Waals surface area (Å²) in [6, 6.07) is 11.2. The zero-order valence-corrected chi connectivity index (χ0v) is 13.3. The Bertz CT molecular complexity index is 689. The molecule has 0 aliphatic carbocycles. The van der Waals surface area contributed by atoms with Gasteiger partial charge < -0.3 is 0 Å². The first-order valence-corrected chi connectivity index (χ1v) is 8.98. The molecular weight excluding hydrogens is 306 g/mol. The minimum absolute atomic E-state index is 0.161.